The molecule has 1 aliphatic heterocycles. The highest BCUT2D eigenvalue weighted by molar-refractivity contribution is 6.31. The highest BCUT2D eigenvalue weighted by atomic mass is 35.5. The summed E-state index contributed by atoms with van der Waals surface area (Å²) in [5.41, 5.74) is 0.933. The predicted molar refractivity (Wildman–Crippen MR) is 106 cm³/mol. The number of hydrogen-bond donors (Lipinski definition) is 1. The van der Waals surface area contributed by atoms with Crippen molar-refractivity contribution in [1.82, 2.24) is 24.9 Å². The second-order valence-corrected chi connectivity index (χ2v) is 7.80. The van der Waals surface area contributed by atoms with E-state index in [1.54, 1.807) is 18.2 Å². The largest absolute Gasteiger partial charge is 0.420 e. The summed E-state index contributed by atoms with van der Waals surface area (Å²) < 4.78 is 11.6. The van der Waals surface area contributed by atoms with Crippen molar-refractivity contribution in [2.24, 2.45) is 5.92 Å². The Hall–Kier alpha value is -2.65. The lowest BCUT2D eigenvalue weighted by Crippen LogP contribution is -2.39. The third-order valence-corrected chi connectivity index (χ3v) is 5.42. The van der Waals surface area contributed by atoms with E-state index in [2.05, 4.69) is 27.3 Å². The molecule has 0 bridgehead atoms. The van der Waals surface area contributed by atoms with Gasteiger partial charge in [0.25, 0.3) is 0 Å². The van der Waals surface area contributed by atoms with E-state index in [0.29, 0.717) is 22.7 Å². The second-order valence-electron chi connectivity index (χ2n) is 7.36. The van der Waals surface area contributed by atoms with Gasteiger partial charge in [0, 0.05) is 18.1 Å². The van der Waals surface area contributed by atoms with E-state index >= 15 is 0 Å². The number of amides is 1. The van der Waals surface area contributed by atoms with Gasteiger partial charge in [-0.3, -0.25) is 9.36 Å². The number of carbonyl (C=O) groups excluding carboxylic acids is 1. The monoisotopic (exact) mass is 419 g/mol. The first kappa shape index (κ1) is 19.7. The van der Waals surface area contributed by atoms with Gasteiger partial charge in [0.1, 0.15) is 0 Å². The number of nitrogens with one attached hydrogen (secondary N) is 1. The highest BCUT2D eigenvalue weighted by Crippen LogP contribution is 2.19. The number of aromatic nitrogens is 3. The number of hydrogen-bond acceptors (Lipinski definition) is 7. The Morgan fingerprint density at radius 1 is 1.34 bits per heavy atom. The molecule has 0 spiro atoms. The zero-order valence-corrected chi connectivity index (χ0v) is 16.8. The summed E-state index contributed by atoms with van der Waals surface area (Å²) in [5.74, 6) is -0.153. The second kappa shape index (κ2) is 8.38. The minimum atomic E-state index is -0.561. The summed E-state index contributed by atoms with van der Waals surface area (Å²) in [5, 5.41) is 7.07. The first-order valence-corrected chi connectivity index (χ1v) is 9.99. The minimum absolute atomic E-state index is 0.00885. The zero-order chi connectivity index (χ0) is 20.4. The fourth-order valence-electron chi connectivity index (χ4n) is 3.43. The fourth-order valence-corrected chi connectivity index (χ4v) is 3.59. The first-order valence-electron chi connectivity index (χ1n) is 9.61. The lowest BCUT2D eigenvalue weighted by molar-refractivity contribution is 0.0901. The smallest absolute Gasteiger partial charge is 0.408 e. The summed E-state index contributed by atoms with van der Waals surface area (Å²) >= 11 is 6.00. The summed E-state index contributed by atoms with van der Waals surface area (Å²) in [4.78, 5) is 30.8. The van der Waals surface area contributed by atoms with E-state index in [-0.39, 0.29) is 18.3 Å². The van der Waals surface area contributed by atoms with E-state index in [4.69, 9.17) is 20.5 Å². The molecule has 1 fully saturated rings. The molecule has 29 heavy (non-hydrogen) atoms. The van der Waals surface area contributed by atoms with Crippen molar-refractivity contribution in [2.75, 3.05) is 26.2 Å². The Morgan fingerprint density at radius 3 is 2.93 bits per heavy atom. The SMILES string of the molecule is CC1CCN(CCNC(=O)c2nc(Cn3c(=O)oc4ccc(Cl)cc43)no2)CC1. The van der Waals surface area contributed by atoms with Crippen molar-refractivity contribution < 1.29 is 13.7 Å². The molecule has 0 atom stereocenters. The maximum atomic E-state index is 12.2. The van der Waals surface area contributed by atoms with Gasteiger partial charge in [-0.1, -0.05) is 23.7 Å². The average Bonchev–Trinajstić information content (AvgIpc) is 3.29. The van der Waals surface area contributed by atoms with Gasteiger partial charge in [0.05, 0.1) is 12.1 Å². The molecule has 1 N–H and O–H groups in total. The van der Waals surface area contributed by atoms with E-state index in [9.17, 15) is 9.59 Å². The molecule has 3 aromatic rings. The number of oxazole rings is 1. The van der Waals surface area contributed by atoms with Gasteiger partial charge in [-0.25, -0.2) is 4.79 Å². The minimum Gasteiger partial charge on any atom is -0.408 e. The van der Waals surface area contributed by atoms with Gasteiger partial charge >= 0.3 is 17.6 Å². The quantitative estimate of drug-likeness (QED) is 0.652. The van der Waals surface area contributed by atoms with E-state index in [0.717, 1.165) is 25.6 Å². The molecule has 1 saturated heterocycles. The Morgan fingerprint density at radius 2 is 2.14 bits per heavy atom. The Bertz CT molecular complexity index is 1060. The summed E-state index contributed by atoms with van der Waals surface area (Å²) in [7, 11) is 0. The number of fused-ring (bicyclic) bond motifs is 1. The maximum absolute atomic E-state index is 12.2. The van der Waals surface area contributed by atoms with Gasteiger partial charge in [-0.05, 0) is 50.0 Å². The van der Waals surface area contributed by atoms with Gasteiger partial charge in [0.15, 0.2) is 11.4 Å². The Labute approximate surface area is 171 Å². The normalized spacial score (nSPS) is 15.8. The van der Waals surface area contributed by atoms with Gasteiger partial charge in [-0.2, -0.15) is 4.98 Å². The summed E-state index contributed by atoms with van der Waals surface area (Å²) in [6.45, 7) is 5.68. The number of likely N-dealkylation sites (tertiary alicyclic amines) is 1. The van der Waals surface area contributed by atoms with Crippen molar-refractivity contribution >= 4 is 28.6 Å². The Balaban J connectivity index is 1.36. The van der Waals surface area contributed by atoms with Crippen LogP contribution in [-0.4, -0.2) is 51.7 Å². The van der Waals surface area contributed by atoms with Crippen LogP contribution in [0.2, 0.25) is 5.02 Å². The standard InChI is InChI=1S/C19H22ClN5O4/c1-12-4-7-24(8-5-12)9-6-21-17(26)18-22-16(23-29-18)11-25-14-10-13(20)2-3-15(14)28-19(25)27/h2-3,10,12H,4-9,11H2,1H3,(H,21,26). The number of benzene rings is 1. The molecule has 0 radical (unpaired) electrons. The van der Waals surface area contributed by atoms with Crippen LogP contribution in [-0.2, 0) is 6.54 Å². The maximum Gasteiger partial charge on any atom is 0.420 e. The van der Waals surface area contributed by atoms with Crippen LogP contribution in [0, 0.1) is 5.92 Å². The molecule has 0 unspecified atom stereocenters. The summed E-state index contributed by atoms with van der Waals surface area (Å²) in [6, 6.07) is 4.88. The van der Waals surface area contributed by atoms with Gasteiger partial charge in [0.2, 0.25) is 0 Å². The van der Waals surface area contributed by atoms with Crippen LogP contribution in [0.25, 0.3) is 11.1 Å². The van der Waals surface area contributed by atoms with Crippen LogP contribution in [0.1, 0.15) is 36.3 Å². The van der Waals surface area contributed by atoms with Crippen molar-refractivity contribution in [3.05, 3.63) is 45.5 Å². The average molecular weight is 420 g/mol. The van der Waals surface area contributed by atoms with Crippen LogP contribution in [0.15, 0.2) is 31.9 Å². The van der Waals surface area contributed by atoms with Crippen LogP contribution in [0.3, 0.4) is 0 Å². The van der Waals surface area contributed by atoms with E-state index in [1.807, 2.05) is 0 Å². The molecule has 0 saturated carbocycles. The third-order valence-electron chi connectivity index (χ3n) is 5.18. The Kier molecular flexibility index (Phi) is 5.68. The number of nitrogens with zero attached hydrogens (tertiary/aromatic N) is 4. The molecule has 1 aromatic carbocycles. The highest BCUT2D eigenvalue weighted by Gasteiger charge is 2.19. The van der Waals surface area contributed by atoms with Crippen molar-refractivity contribution in [3.63, 3.8) is 0 Å². The number of piperidine rings is 1. The molecular weight excluding hydrogens is 398 g/mol. The first-order chi connectivity index (χ1) is 14.0. The molecule has 154 valence electrons. The van der Waals surface area contributed by atoms with Crippen molar-refractivity contribution in [1.29, 1.82) is 0 Å². The third kappa shape index (κ3) is 4.51. The van der Waals surface area contributed by atoms with Gasteiger partial charge in [-0.15, -0.1) is 0 Å². The molecule has 2 aromatic heterocycles. The number of carbonyl (C=O) groups is 1. The van der Waals surface area contributed by atoms with E-state index < -0.39 is 11.7 Å². The molecular formula is C19H22ClN5O4. The molecule has 1 aliphatic rings. The van der Waals surface area contributed by atoms with Gasteiger partial charge < -0.3 is 19.2 Å². The van der Waals surface area contributed by atoms with Crippen molar-refractivity contribution in [3.8, 4) is 0 Å². The fraction of sp³-hybridized carbons (Fsp3) is 0.474. The van der Waals surface area contributed by atoms with Crippen LogP contribution < -0.4 is 11.1 Å². The van der Waals surface area contributed by atoms with Crippen molar-refractivity contribution in [2.45, 2.75) is 26.3 Å². The molecule has 4 rings (SSSR count). The molecule has 1 amide bonds. The molecule has 0 aliphatic carbocycles. The lowest BCUT2D eigenvalue weighted by atomic mass is 9.99. The van der Waals surface area contributed by atoms with E-state index in [1.165, 1.54) is 17.4 Å². The topological polar surface area (TPSA) is 106 Å². The molecule has 9 nitrogen and oxygen atoms in total. The zero-order valence-electron chi connectivity index (χ0n) is 16.1. The number of halogens is 1. The summed E-state index contributed by atoms with van der Waals surface area (Å²) in [6.07, 6.45) is 2.38. The van der Waals surface area contributed by atoms with Crippen LogP contribution >= 0.6 is 11.6 Å². The van der Waals surface area contributed by atoms with Crippen LogP contribution in [0.5, 0.6) is 0 Å². The molecule has 10 heteroatoms. The molecule has 3 heterocycles. The predicted octanol–water partition coefficient (Wildman–Crippen LogP) is 2.14. The lowest BCUT2D eigenvalue weighted by Gasteiger charge is -2.29. The number of rotatable bonds is 6. The van der Waals surface area contributed by atoms with Crippen LogP contribution in [0.4, 0.5) is 0 Å².